The van der Waals surface area contributed by atoms with Gasteiger partial charge in [-0.25, -0.2) is 0 Å². The Hall–Kier alpha value is -1.39. The number of aromatic nitrogens is 2. The molecule has 1 aromatic rings. The Labute approximate surface area is 88.8 Å². The number of nitrogens with zero attached hydrogens (tertiary/aromatic N) is 2. The van der Waals surface area contributed by atoms with E-state index in [1.54, 1.807) is 13.8 Å². The molecule has 0 aliphatic rings. The minimum absolute atomic E-state index is 0.329. The standard InChI is InChI=1S/C10H16N2O3/c1-4-6-8-11-9(15-12-8)7(3)10(13)14-5-2/h7H,4-6H2,1-3H3. The van der Waals surface area contributed by atoms with Crippen LogP contribution < -0.4 is 0 Å². The molecule has 15 heavy (non-hydrogen) atoms. The van der Waals surface area contributed by atoms with Crippen LogP contribution in [0.5, 0.6) is 0 Å². The van der Waals surface area contributed by atoms with E-state index in [0.717, 1.165) is 12.8 Å². The molecule has 0 fully saturated rings. The summed E-state index contributed by atoms with van der Waals surface area (Å²) in [5.41, 5.74) is 0. The van der Waals surface area contributed by atoms with Crippen molar-refractivity contribution in [1.82, 2.24) is 10.1 Å². The Kier molecular flexibility index (Phi) is 4.27. The number of rotatable bonds is 5. The van der Waals surface area contributed by atoms with Crippen molar-refractivity contribution in [3.05, 3.63) is 11.7 Å². The zero-order valence-electron chi connectivity index (χ0n) is 9.32. The van der Waals surface area contributed by atoms with Gasteiger partial charge in [0.1, 0.15) is 5.92 Å². The number of carbonyl (C=O) groups is 1. The predicted molar refractivity (Wildman–Crippen MR) is 53.3 cm³/mol. The molecule has 0 aliphatic carbocycles. The van der Waals surface area contributed by atoms with E-state index in [4.69, 9.17) is 9.26 Å². The van der Waals surface area contributed by atoms with Gasteiger partial charge in [0.05, 0.1) is 6.61 Å². The average Bonchev–Trinajstić information content (AvgIpc) is 2.66. The maximum atomic E-state index is 11.4. The molecule has 5 heteroatoms. The summed E-state index contributed by atoms with van der Waals surface area (Å²) in [6.07, 6.45) is 1.71. The van der Waals surface area contributed by atoms with E-state index in [-0.39, 0.29) is 5.97 Å². The van der Waals surface area contributed by atoms with Gasteiger partial charge in [0.2, 0.25) is 5.89 Å². The third-order valence-electron chi connectivity index (χ3n) is 1.97. The zero-order chi connectivity index (χ0) is 11.3. The Bertz CT molecular complexity index is 322. The van der Waals surface area contributed by atoms with Crippen molar-refractivity contribution in [2.45, 2.75) is 39.5 Å². The molecule has 84 valence electrons. The first-order valence-electron chi connectivity index (χ1n) is 5.18. The van der Waals surface area contributed by atoms with E-state index < -0.39 is 5.92 Å². The van der Waals surface area contributed by atoms with Crippen molar-refractivity contribution < 1.29 is 14.1 Å². The molecular weight excluding hydrogens is 196 g/mol. The molecule has 1 heterocycles. The summed E-state index contributed by atoms with van der Waals surface area (Å²) in [6.45, 7) is 5.85. The number of hydrogen-bond donors (Lipinski definition) is 0. The van der Waals surface area contributed by atoms with Crippen molar-refractivity contribution in [3.8, 4) is 0 Å². The molecule has 5 nitrogen and oxygen atoms in total. The first-order valence-corrected chi connectivity index (χ1v) is 5.18. The smallest absolute Gasteiger partial charge is 0.318 e. The van der Waals surface area contributed by atoms with Crippen molar-refractivity contribution >= 4 is 5.97 Å². The van der Waals surface area contributed by atoms with Gasteiger partial charge in [-0.15, -0.1) is 0 Å². The second-order valence-electron chi connectivity index (χ2n) is 3.27. The SMILES string of the molecule is CCCc1noc(C(C)C(=O)OCC)n1. The second kappa shape index (κ2) is 5.48. The van der Waals surface area contributed by atoms with Gasteiger partial charge in [-0.2, -0.15) is 4.98 Å². The van der Waals surface area contributed by atoms with Crippen LogP contribution in [0.2, 0.25) is 0 Å². The van der Waals surface area contributed by atoms with Crippen LogP contribution in [0, 0.1) is 0 Å². The van der Waals surface area contributed by atoms with E-state index >= 15 is 0 Å². The highest BCUT2D eigenvalue weighted by molar-refractivity contribution is 5.76. The van der Waals surface area contributed by atoms with Crippen LogP contribution in [0.4, 0.5) is 0 Å². The number of carbonyl (C=O) groups excluding carboxylic acids is 1. The van der Waals surface area contributed by atoms with Gasteiger partial charge in [0, 0.05) is 6.42 Å². The predicted octanol–water partition coefficient (Wildman–Crippen LogP) is 1.69. The van der Waals surface area contributed by atoms with Gasteiger partial charge < -0.3 is 9.26 Å². The summed E-state index contributed by atoms with van der Waals surface area (Å²) in [6, 6.07) is 0. The van der Waals surface area contributed by atoms with Gasteiger partial charge in [-0.3, -0.25) is 4.79 Å². The van der Waals surface area contributed by atoms with E-state index in [2.05, 4.69) is 10.1 Å². The summed E-state index contributed by atoms with van der Waals surface area (Å²) >= 11 is 0. The van der Waals surface area contributed by atoms with Crippen LogP contribution in [-0.2, 0) is 16.0 Å². The summed E-state index contributed by atoms with van der Waals surface area (Å²) in [5.74, 6) is 0.160. The molecule has 0 saturated carbocycles. The summed E-state index contributed by atoms with van der Waals surface area (Å²) in [5, 5.41) is 3.78. The molecule has 1 unspecified atom stereocenters. The fourth-order valence-electron chi connectivity index (χ4n) is 1.14. The highest BCUT2D eigenvalue weighted by Gasteiger charge is 2.22. The van der Waals surface area contributed by atoms with Crippen LogP contribution in [0.15, 0.2) is 4.52 Å². The van der Waals surface area contributed by atoms with Crippen LogP contribution in [-0.4, -0.2) is 22.7 Å². The minimum Gasteiger partial charge on any atom is -0.465 e. The van der Waals surface area contributed by atoms with E-state index in [1.807, 2.05) is 6.92 Å². The molecule has 1 aromatic heterocycles. The summed E-state index contributed by atoms with van der Waals surface area (Å²) < 4.78 is 9.85. The fraction of sp³-hybridized carbons (Fsp3) is 0.700. The van der Waals surface area contributed by atoms with Crippen LogP contribution in [0.25, 0.3) is 0 Å². The van der Waals surface area contributed by atoms with Crippen molar-refractivity contribution in [2.24, 2.45) is 0 Å². The third kappa shape index (κ3) is 3.04. The Morgan fingerprint density at radius 3 is 2.87 bits per heavy atom. The highest BCUT2D eigenvalue weighted by Crippen LogP contribution is 2.14. The molecule has 0 aromatic carbocycles. The molecule has 0 bridgehead atoms. The van der Waals surface area contributed by atoms with Crippen molar-refractivity contribution in [3.63, 3.8) is 0 Å². The summed E-state index contributed by atoms with van der Waals surface area (Å²) in [4.78, 5) is 15.5. The Morgan fingerprint density at radius 2 is 2.27 bits per heavy atom. The van der Waals surface area contributed by atoms with Crippen LogP contribution in [0.3, 0.4) is 0 Å². The first kappa shape index (κ1) is 11.7. The first-order chi connectivity index (χ1) is 7.19. The normalized spacial score (nSPS) is 12.5. The third-order valence-corrected chi connectivity index (χ3v) is 1.97. The lowest BCUT2D eigenvalue weighted by Gasteiger charge is -2.04. The molecular formula is C10H16N2O3. The number of esters is 1. The van der Waals surface area contributed by atoms with Gasteiger partial charge in [0.15, 0.2) is 5.82 Å². The molecule has 0 N–H and O–H groups in total. The quantitative estimate of drug-likeness (QED) is 0.695. The van der Waals surface area contributed by atoms with Gasteiger partial charge >= 0.3 is 5.97 Å². The lowest BCUT2D eigenvalue weighted by atomic mass is 10.2. The molecule has 0 spiro atoms. The second-order valence-corrected chi connectivity index (χ2v) is 3.27. The van der Waals surface area contributed by atoms with E-state index in [9.17, 15) is 4.79 Å². The number of aryl methyl sites for hydroxylation is 1. The lowest BCUT2D eigenvalue weighted by molar-refractivity contribution is -0.145. The maximum Gasteiger partial charge on any atom is 0.318 e. The maximum absolute atomic E-state index is 11.4. The molecule has 0 saturated heterocycles. The van der Waals surface area contributed by atoms with E-state index in [1.165, 1.54) is 0 Å². The monoisotopic (exact) mass is 212 g/mol. The lowest BCUT2D eigenvalue weighted by Crippen LogP contribution is -2.13. The Balaban J connectivity index is 2.64. The molecule has 0 amide bonds. The van der Waals surface area contributed by atoms with Crippen molar-refractivity contribution in [1.29, 1.82) is 0 Å². The highest BCUT2D eigenvalue weighted by atomic mass is 16.5. The summed E-state index contributed by atoms with van der Waals surface area (Å²) in [7, 11) is 0. The fourth-order valence-corrected chi connectivity index (χ4v) is 1.14. The molecule has 0 aliphatic heterocycles. The topological polar surface area (TPSA) is 65.2 Å². The number of hydrogen-bond acceptors (Lipinski definition) is 5. The van der Waals surface area contributed by atoms with Gasteiger partial charge in [-0.1, -0.05) is 12.1 Å². The van der Waals surface area contributed by atoms with E-state index in [0.29, 0.717) is 18.3 Å². The molecule has 0 radical (unpaired) electrons. The minimum atomic E-state index is -0.483. The van der Waals surface area contributed by atoms with Crippen LogP contribution in [0.1, 0.15) is 44.8 Å². The largest absolute Gasteiger partial charge is 0.465 e. The Morgan fingerprint density at radius 1 is 1.53 bits per heavy atom. The number of ether oxygens (including phenoxy) is 1. The zero-order valence-corrected chi connectivity index (χ0v) is 9.32. The van der Waals surface area contributed by atoms with Gasteiger partial charge in [-0.05, 0) is 20.3 Å². The molecule has 1 rings (SSSR count). The van der Waals surface area contributed by atoms with Crippen molar-refractivity contribution in [2.75, 3.05) is 6.61 Å². The molecule has 1 atom stereocenters. The van der Waals surface area contributed by atoms with Crippen LogP contribution >= 0.6 is 0 Å². The van der Waals surface area contributed by atoms with Gasteiger partial charge in [0.25, 0.3) is 0 Å². The average molecular weight is 212 g/mol.